The number of benzene rings is 3. The van der Waals surface area contributed by atoms with Crippen molar-refractivity contribution >= 4 is 32.8 Å². The highest BCUT2D eigenvalue weighted by Crippen LogP contribution is 2.43. The monoisotopic (exact) mass is 314 g/mol. The van der Waals surface area contributed by atoms with Gasteiger partial charge in [0.1, 0.15) is 11.4 Å². The fourth-order valence-electron chi connectivity index (χ4n) is 3.66. The molecule has 1 aromatic heterocycles. The van der Waals surface area contributed by atoms with Crippen LogP contribution >= 0.6 is 0 Å². The number of aromatic nitrogens is 2. The molecule has 0 unspecified atom stereocenters. The lowest BCUT2D eigenvalue weighted by Crippen LogP contribution is -2.32. The van der Waals surface area contributed by atoms with Crippen molar-refractivity contribution in [1.29, 1.82) is 0 Å². The molecule has 0 spiro atoms. The standard InChI is InChI=1S/C21H18N2O/c1-21(2)12-11-15-19-18(22-16-9-5-6-10-17(16)23-19)13-7-3-4-8-14(13)20(15)24-21/h3-10H,11-12H2,1-2H3. The molecule has 0 radical (unpaired) electrons. The molecular weight excluding hydrogens is 296 g/mol. The minimum atomic E-state index is -0.145. The third-order valence-corrected chi connectivity index (χ3v) is 4.91. The van der Waals surface area contributed by atoms with Crippen LogP contribution in [-0.4, -0.2) is 15.6 Å². The van der Waals surface area contributed by atoms with Gasteiger partial charge in [-0.25, -0.2) is 9.97 Å². The molecule has 0 saturated carbocycles. The molecule has 1 aliphatic rings. The average molecular weight is 314 g/mol. The molecule has 3 aromatic carbocycles. The molecule has 118 valence electrons. The van der Waals surface area contributed by atoms with Gasteiger partial charge in [-0.2, -0.15) is 0 Å². The third-order valence-electron chi connectivity index (χ3n) is 4.91. The van der Waals surface area contributed by atoms with Gasteiger partial charge in [0.15, 0.2) is 0 Å². The Labute approximate surface area is 140 Å². The molecule has 5 rings (SSSR count). The van der Waals surface area contributed by atoms with Crippen molar-refractivity contribution in [2.75, 3.05) is 0 Å². The second-order valence-corrected chi connectivity index (χ2v) is 7.12. The van der Waals surface area contributed by atoms with Gasteiger partial charge in [0, 0.05) is 16.3 Å². The zero-order valence-electron chi connectivity index (χ0n) is 13.8. The first kappa shape index (κ1) is 13.7. The Bertz CT molecular complexity index is 1110. The molecule has 0 bridgehead atoms. The maximum atomic E-state index is 6.38. The minimum Gasteiger partial charge on any atom is -0.487 e. The predicted octanol–water partition coefficient (Wildman–Crippen LogP) is 5.04. The van der Waals surface area contributed by atoms with E-state index in [2.05, 4.69) is 38.1 Å². The fraction of sp³-hybridized carbons (Fsp3) is 0.238. The first-order valence-electron chi connectivity index (χ1n) is 8.41. The maximum Gasteiger partial charge on any atom is 0.133 e. The van der Waals surface area contributed by atoms with Gasteiger partial charge < -0.3 is 4.74 Å². The van der Waals surface area contributed by atoms with Gasteiger partial charge >= 0.3 is 0 Å². The lowest BCUT2D eigenvalue weighted by atomic mass is 9.90. The Morgan fingerprint density at radius 2 is 1.46 bits per heavy atom. The van der Waals surface area contributed by atoms with Crippen LogP contribution < -0.4 is 4.74 Å². The minimum absolute atomic E-state index is 0.145. The number of rotatable bonds is 0. The highest BCUT2D eigenvalue weighted by Gasteiger charge is 2.30. The molecule has 3 heteroatoms. The van der Waals surface area contributed by atoms with Crippen LogP contribution in [0.4, 0.5) is 0 Å². The molecule has 1 aliphatic heterocycles. The second kappa shape index (κ2) is 4.67. The van der Waals surface area contributed by atoms with Crippen molar-refractivity contribution in [2.24, 2.45) is 0 Å². The summed E-state index contributed by atoms with van der Waals surface area (Å²) in [7, 11) is 0. The van der Waals surface area contributed by atoms with Gasteiger partial charge in [0.2, 0.25) is 0 Å². The van der Waals surface area contributed by atoms with Crippen molar-refractivity contribution in [3.63, 3.8) is 0 Å². The number of aryl methyl sites for hydroxylation is 1. The van der Waals surface area contributed by atoms with Crippen LogP contribution in [0.2, 0.25) is 0 Å². The van der Waals surface area contributed by atoms with Crippen LogP contribution in [0, 0.1) is 0 Å². The SMILES string of the molecule is CC1(C)CCc2c(c3ccccc3c3nc4ccccc4nc23)O1. The molecular formula is C21H18N2O. The number of para-hydroxylation sites is 2. The Balaban J connectivity index is 1.99. The summed E-state index contributed by atoms with van der Waals surface area (Å²) >= 11 is 0. The molecule has 2 heterocycles. The fourth-order valence-corrected chi connectivity index (χ4v) is 3.66. The van der Waals surface area contributed by atoms with Gasteiger partial charge in [0.25, 0.3) is 0 Å². The molecule has 3 nitrogen and oxygen atoms in total. The normalized spacial score (nSPS) is 16.2. The Morgan fingerprint density at radius 3 is 2.21 bits per heavy atom. The summed E-state index contributed by atoms with van der Waals surface area (Å²) in [5.41, 5.74) is 4.89. The highest BCUT2D eigenvalue weighted by molar-refractivity contribution is 6.10. The van der Waals surface area contributed by atoms with Gasteiger partial charge in [-0.1, -0.05) is 36.4 Å². The molecule has 0 atom stereocenters. The van der Waals surface area contributed by atoms with E-state index < -0.39 is 0 Å². The van der Waals surface area contributed by atoms with E-state index in [9.17, 15) is 0 Å². The second-order valence-electron chi connectivity index (χ2n) is 7.12. The number of nitrogens with zero attached hydrogens (tertiary/aromatic N) is 2. The summed E-state index contributed by atoms with van der Waals surface area (Å²) in [4.78, 5) is 9.88. The summed E-state index contributed by atoms with van der Waals surface area (Å²) in [6.45, 7) is 4.31. The van der Waals surface area contributed by atoms with Crippen LogP contribution in [0.15, 0.2) is 48.5 Å². The summed E-state index contributed by atoms with van der Waals surface area (Å²) in [6, 6.07) is 16.4. The Kier molecular flexibility index (Phi) is 2.67. The largest absolute Gasteiger partial charge is 0.487 e. The van der Waals surface area contributed by atoms with Crippen LogP contribution in [0.5, 0.6) is 5.75 Å². The zero-order valence-corrected chi connectivity index (χ0v) is 13.8. The van der Waals surface area contributed by atoms with Crippen LogP contribution in [0.1, 0.15) is 25.8 Å². The summed E-state index contributed by atoms with van der Waals surface area (Å²) in [5.74, 6) is 0.985. The summed E-state index contributed by atoms with van der Waals surface area (Å²) in [5, 5.41) is 2.25. The average Bonchev–Trinajstić information content (AvgIpc) is 2.60. The molecule has 0 amide bonds. The lowest BCUT2D eigenvalue weighted by molar-refractivity contribution is 0.0873. The van der Waals surface area contributed by atoms with Crippen molar-refractivity contribution in [3.05, 3.63) is 54.1 Å². The number of hydrogen-bond donors (Lipinski definition) is 0. The lowest BCUT2D eigenvalue weighted by Gasteiger charge is -2.33. The van der Waals surface area contributed by atoms with Crippen molar-refractivity contribution in [1.82, 2.24) is 9.97 Å². The van der Waals surface area contributed by atoms with E-state index in [1.165, 1.54) is 5.56 Å². The molecule has 0 N–H and O–H groups in total. The van der Waals surface area contributed by atoms with Crippen molar-refractivity contribution < 1.29 is 4.74 Å². The van der Waals surface area contributed by atoms with E-state index in [1.807, 2.05) is 24.3 Å². The topological polar surface area (TPSA) is 35.0 Å². The van der Waals surface area contributed by atoms with E-state index in [-0.39, 0.29) is 5.60 Å². The maximum absolute atomic E-state index is 6.38. The van der Waals surface area contributed by atoms with Gasteiger partial charge in [-0.05, 0) is 38.8 Å². The first-order chi connectivity index (χ1) is 11.6. The zero-order chi connectivity index (χ0) is 16.3. The van der Waals surface area contributed by atoms with Crippen molar-refractivity contribution in [2.45, 2.75) is 32.3 Å². The number of ether oxygens (including phenoxy) is 1. The molecule has 4 aromatic rings. The van der Waals surface area contributed by atoms with Crippen LogP contribution in [0.25, 0.3) is 32.8 Å². The van der Waals surface area contributed by atoms with Gasteiger partial charge in [0.05, 0.1) is 22.1 Å². The molecule has 0 fully saturated rings. The first-order valence-corrected chi connectivity index (χ1v) is 8.41. The molecule has 0 saturated heterocycles. The van der Waals surface area contributed by atoms with Gasteiger partial charge in [-0.15, -0.1) is 0 Å². The Hall–Kier alpha value is -2.68. The Morgan fingerprint density at radius 1 is 0.833 bits per heavy atom. The summed E-state index contributed by atoms with van der Waals surface area (Å²) in [6.07, 6.45) is 1.96. The van der Waals surface area contributed by atoms with Crippen LogP contribution in [0.3, 0.4) is 0 Å². The third kappa shape index (κ3) is 1.91. The number of hydrogen-bond acceptors (Lipinski definition) is 3. The van der Waals surface area contributed by atoms with E-state index in [1.54, 1.807) is 0 Å². The quantitative estimate of drug-likeness (QED) is 0.337. The van der Waals surface area contributed by atoms with E-state index in [0.717, 1.165) is 51.4 Å². The smallest absolute Gasteiger partial charge is 0.133 e. The number of fused-ring (bicyclic) bond motifs is 7. The summed E-state index contributed by atoms with van der Waals surface area (Å²) < 4.78 is 6.38. The molecule has 24 heavy (non-hydrogen) atoms. The van der Waals surface area contributed by atoms with Crippen molar-refractivity contribution in [3.8, 4) is 5.75 Å². The molecule has 0 aliphatic carbocycles. The van der Waals surface area contributed by atoms with E-state index in [0.29, 0.717) is 0 Å². The predicted molar refractivity (Wildman–Crippen MR) is 97.6 cm³/mol. The van der Waals surface area contributed by atoms with E-state index in [4.69, 9.17) is 14.7 Å². The van der Waals surface area contributed by atoms with Gasteiger partial charge in [-0.3, -0.25) is 0 Å². The van der Waals surface area contributed by atoms with E-state index >= 15 is 0 Å². The highest BCUT2D eigenvalue weighted by atomic mass is 16.5. The van der Waals surface area contributed by atoms with Crippen LogP contribution in [-0.2, 0) is 6.42 Å².